The first-order valence-electron chi connectivity index (χ1n) is 3.74. The highest BCUT2D eigenvalue weighted by Gasteiger charge is 2.42. The van der Waals surface area contributed by atoms with Gasteiger partial charge in [0.05, 0.1) is 0 Å². The van der Waals surface area contributed by atoms with E-state index in [-0.39, 0.29) is 0 Å². The molecule has 0 aromatic carbocycles. The van der Waals surface area contributed by atoms with Gasteiger partial charge in [0, 0.05) is 0 Å². The lowest BCUT2D eigenvalue weighted by Crippen LogP contribution is -2.36. The molecule has 0 saturated carbocycles. The molecule has 1 fully saturated rings. The van der Waals surface area contributed by atoms with Gasteiger partial charge in [0.25, 0.3) is 0 Å². The molecule has 0 aliphatic carbocycles. The summed E-state index contributed by atoms with van der Waals surface area (Å²) >= 11 is 0. The summed E-state index contributed by atoms with van der Waals surface area (Å²) < 4.78 is 10.6. The molecule has 68 valence electrons. The van der Waals surface area contributed by atoms with Gasteiger partial charge in [0.15, 0.2) is 11.9 Å². The molecule has 0 bridgehead atoms. The summed E-state index contributed by atoms with van der Waals surface area (Å²) in [5, 5.41) is 0. The summed E-state index contributed by atoms with van der Waals surface area (Å²) in [6.45, 7) is 6.99. The minimum atomic E-state index is -0.751. The molecule has 0 spiro atoms. The standard InChI is InChI=1S/C8H13NO3/c1-4-5-6(7(9)10)12-8(2,3)11-5/h4-6H,1H2,2-3H3,(H2,9,10). The second kappa shape index (κ2) is 2.88. The normalized spacial score (nSPS) is 33.2. The van der Waals surface area contributed by atoms with Crippen molar-refractivity contribution in [2.75, 3.05) is 0 Å². The van der Waals surface area contributed by atoms with Gasteiger partial charge in [-0.15, -0.1) is 6.58 Å². The Bertz CT molecular complexity index is 212. The maximum atomic E-state index is 10.8. The van der Waals surface area contributed by atoms with E-state index < -0.39 is 23.9 Å². The van der Waals surface area contributed by atoms with E-state index >= 15 is 0 Å². The third-order valence-electron chi connectivity index (χ3n) is 1.64. The highest BCUT2D eigenvalue weighted by Crippen LogP contribution is 2.28. The maximum Gasteiger partial charge on any atom is 0.249 e. The number of hydrogen-bond donors (Lipinski definition) is 1. The number of rotatable bonds is 2. The molecule has 0 radical (unpaired) electrons. The average Bonchev–Trinajstić information content (AvgIpc) is 2.25. The van der Waals surface area contributed by atoms with Gasteiger partial charge >= 0.3 is 0 Å². The topological polar surface area (TPSA) is 61.6 Å². The minimum absolute atomic E-state index is 0.433. The van der Waals surface area contributed by atoms with Crippen LogP contribution >= 0.6 is 0 Å². The van der Waals surface area contributed by atoms with Gasteiger partial charge in [-0.25, -0.2) is 0 Å². The van der Waals surface area contributed by atoms with Gasteiger partial charge in [-0.3, -0.25) is 4.79 Å². The summed E-state index contributed by atoms with van der Waals surface area (Å²) in [7, 11) is 0. The van der Waals surface area contributed by atoms with Crippen LogP contribution in [-0.4, -0.2) is 23.9 Å². The number of carbonyl (C=O) groups is 1. The number of ether oxygens (including phenoxy) is 2. The Morgan fingerprint density at radius 1 is 1.58 bits per heavy atom. The summed E-state index contributed by atoms with van der Waals surface area (Å²) in [4.78, 5) is 10.8. The Morgan fingerprint density at radius 3 is 2.50 bits per heavy atom. The Hall–Kier alpha value is -0.870. The molecular formula is C8H13NO3. The van der Waals surface area contributed by atoms with Crippen LogP contribution in [0.1, 0.15) is 13.8 Å². The van der Waals surface area contributed by atoms with E-state index in [0.717, 1.165) is 0 Å². The lowest BCUT2D eigenvalue weighted by atomic mass is 10.2. The molecule has 2 atom stereocenters. The van der Waals surface area contributed by atoms with Gasteiger partial charge in [0.2, 0.25) is 5.91 Å². The Morgan fingerprint density at radius 2 is 2.17 bits per heavy atom. The lowest BCUT2D eigenvalue weighted by Gasteiger charge is -2.15. The second-order valence-electron chi connectivity index (χ2n) is 3.16. The molecule has 1 aliphatic heterocycles. The average molecular weight is 171 g/mol. The molecule has 2 unspecified atom stereocenters. The number of nitrogens with two attached hydrogens (primary N) is 1. The van der Waals surface area contributed by atoms with Crippen LogP contribution in [-0.2, 0) is 14.3 Å². The SMILES string of the molecule is C=CC1OC(C)(C)OC1C(N)=O. The predicted molar refractivity (Wildman–Crippen MR) is 43.2 cm³/mol. The third kappa shape index (κ3) is 1.65. The molecule has 1 saturated heterocycles. The summed E-state index contributed by atoms with van der Waals surface area (Å²) in [6.07, 6.45) is 0.375. The van der Waals surface area contributed by atoms with Gasteiger partial charge in [-0.05, 0) is 13.8 Å². The van der Waals surface area contributed by atoms with Gasteiger partial charge in [0.1, 0.15) is 6.10 Å². The number of hydrogen-bond acceptors (Lipinski definition) is 3. The second-order valence-corrected chi connectivity index (χ2v) is 3.16. The number of primary amides is 1. The Kier molecular flexibility index (Phi) is 2.21. The molecule has 1 rings (SSSR count). The van der Waals surface area contributed by atoms with E-state index in [2.05, 4.69) is 6.58 Å². The molecule has 0 aromatic rings. The first kappa shape index (κ1) is 9.22. The van der Waals surface area contributed by atoms with Gasteiger partial charge < -0.3 is 15.2 Å². The minimum Gasteiger partial charge on any atom is -0.367 e. The largest absolute Gasteiger partial charge is 0.367 e. The summed E-state index contributed by atoms with van der Waals surface area (Å²) in [6, 6.07) is 0. The van der Waals surface area contributed by atoms with E-state index in [4.69, 9.17) is 15.2 Å². The van der Waals surface area contributed by atoms with Gasteiger partial charge in [-0.2, -0.15) is 0 Å². The highest BCUT2D eigenvalue weighted by atomic mass is 16.8. The molecule has 1 amide bonds. The molecule has 4 nitrogen and oxygen atoms in total. The zero-order valence-electron chi connectivity index (χ0n) is 7.24. The molecule has 0 aromatic heterocycles. The molecule has 1 aliphatic rings. The van der Waals surface area contributed by atoms with Crippen molar-refractivity contribution in [3.05, 3.63) is 12.7 Å². The zero-order chi connectivity index (χ0) is 9.35. The van der Waals surface area contributed by atoms with Gasteiger partial charge in [-0.1, -0.05) is 6.08 Å². The van der Waals surface area contributed by atoms with Crippen LogP contribution in [0.25, 0.3) is 0 Å². The summed E-state index contributed by atoms with van der Waals surface area (Å²) in [5.74, 6) is -1.27. The number of carbonyl (C=O) groups excluding carboxylic acids is 1. The van der Waals surface area contributed by atoms with Crippen LogP contribution in [0.5, 0.6) is 0 Å². The maximum absolute atomic E-state index is 10.8. The van der Waals surface area contributed by atoms with E-state index in [9.17, 15) is 4.79 Å². The van der Waals surface area contributed by atoms with Crippen LogP contribution in [0.2, 0.25) is 0 Å². The molecule has 1 heterocycles. The number of amides is 1. The van der Waals surface area contributed by atoms with Crippen molar-refractivity contribution in [2.45, 2.75) is 31.8 Å². The van der Waals surface area contributed by atoms with Crippen molar-refractivity contribution < 1.29 is 14.3 Å². The fraction of sp³-hybridized carbons (Fsp3) is 0.625. The van der Waals surface area contributed by atoms with Crippen molar-refractivity contribution in [1.29, 1.82) is 0 Å². The third-order valence-corrected chi connectivity index (χ3v) is 1.64. The fourth-order valence-electron chi connectivity index (χ4n) is 1.18. The highest BCUT2D eigenvalue weighted by molar-refractivity contribution is 5.80. The van der Waals surface area contributed by atoms with Crippen LogP contribution in [0, 0.1) is 0 Å². The van der Waals surface area contributed by atoms with Crippen LogP contribution in [0.15, 0.2) is 12.7 Å². The quantitative estimate of drug-likeness (QED) is 0.603. The first-order valence-corrected chi connectivity index (χ1v) is 3.74. The molecule has 12 heavy (non-hydrogen) atoms. The molecule has 4 heteroatoms. The van der Waals surface area contributed by atoms with Crippen LogP contribution < -0.4 is 5.73 Å². The molecular weight excluding hydrogens is 158 g/mol. The smallest absolute Gasteiger partial charge is 0.249 e. The lowest BCUT2D eigenvalue weighted by molar-refractivity contribution is -0.153. The first-order chi connectivity index (χ1) is 5.46. The van der Waals surface area contributed by atoms with Crippen molar-refractivity contribution in [3.8, 4) is 0 Å². The van der Waals surface area contributed by atoms with Crippen molar-refractivity contribution in [1.82, 2.24) is 0 Å². The monoisotopic (exact) mass is 171 g/mol. The Labute approximate surface area is 71.3 Å². The van der Waals surface area contributed by atoms with Crippen molar-refractivity contribution in [3.63, 3.8) is 0 Å². The van der Waals surface area contributed by atoms with E-state index in [1.54, 1.807) is 13.8 Å². The summed E-state index contributed by atoms with van der Waals surface area (Å²) in [5.41, 5.74) is 5.09. The Balaban J connectivity index is 2.76. The van der Waals surface area contributed by atoms with E-state index in [1.807, 2.05) is 0 Å². The predicted octanol–water partition coefficient (Wildman–Crippen LogP) is 0.178. The van der Waals surface area contributed by atoms with E-state index in [1.165, 1.54) is 6.08 Å². The fourth-order valence-corrected chi connectivity index (χ4v) is 1.18. The van der Waals surface area contributed by atoms with Crippen molar-refractivity contribution in [2.24, 2.45) is 5.73 Å². The van der Waals surface area contributed by atoms with E-state index in [0.29, 0.717) is 0 Å². The van der Waals surface area contributed by atoms with Crippen molar-refractivity contribution >= 4 is 5.91 Å². The zero-order valence-corrected chi connectivity index (χ0v) is 7.24. The van der Waals surface area contributed by atoms with Crippen LogP contribution in [0.4, 0.5) is 0 Å². The molecule has 2 N–H and O–H groups in total. The van der Waals surface area contributed by atoms with Crippen LogP contribution in [0.3, 0.4) is 0 Å².